The van der Waals surface area contributed by atoms with Gasteiger partial charge in [-0.05, 0) is 31.0 Å². The first-order valence-corrected chi connectivity index (χ1v) is 10.2. The molecule has 142 valence electrons. The lowest BCUT2D eigenvalue weighted by atomic mass is 10.1. The Bertz CT molecular complexity index is 794. The fraction of sp³-hybridized carbons (Fsp3) is 0.529. The molecule has 2 aromatic heterocycles. The van der Waals surface area contributed by atoms with Gasteiger partial charge in [-0.25, -0.2) is 13.1 Å². The van der Waals surface area contributed by atoms with Crippen LogP contribution >= 0.6 is 0 Å². The van der Waals surface area contributed by atoms with Crippen LogP contribution in [-0.4, -0.2) is 48.5 Å². The number of aromatic nitrogens is 3. The van der Waals surface area contributed by atoms with Gasteiger partial charge in [0.1, 0.15) is 0 Å². The lowest BCUT2D eigenvalue weighted by molar-refractivity contribution is -0.0719. The minimum atomic E-state index is -3.69. The van der Waals surface area contributed by atoms with Gasteiger partial charge in [0.05, 0.1) is 37.3 Å². The number of nitrogens with zero attached hydrogens (tertiary/aromatic N) is 3. The molecule has 1 aliphatic heterocycles. The number of nitrogens with one attached hydrogen (secondary N) is 1. The van der Waals surface area contributed by atoms with Crippen molar-refractivity contribution in [1.82, 2.24) is 19.5 Å². The van der Waals surface area contributed by atoms with Gasteiger partial charge in [0.2, 0.25) is 0 Å². The summed E-state index contributed by atoms with van der Waals surface area (Å²) in [4.78, 5) is 4.22. The van der Waals surface area contributed by atoms with Crippen LogP contribution < -0.4 is 4.72 Å². The van der Waals surface area contributed by atoms with Gasteiger partial charge in [-0.1, -0.05) is 13.0 Å². The maximum atomic E-state index is 12.8. The summed E-state index contributed by atoms with van der Waals surface area (Å²) in [7, 11) is -3.69. The average molecular weight is 380 g/mol. The van der Waals surface area contributed by atoms with Gasteiger partial charge >= 0.3 is 0 Å². The Morgan fingerprint density at radius 1 is 1.35 bits per heavy atom. The van der Waals surface area contributed by atoms with Gasteiger partial charge in [0.15, 0.2) is 5.03 Å². The average Bonchev–Trinajstić information content (AvgIpc) is 3.11. The van der Waals surface area contributed by atoms with E-state index in [-0.39, 0.29) is 17.2 Å². The van der Waals surface area contributed by atoms with E-state index in [9.17, 15) is 8.42 Å². The Hall–Kier alpha value is -1.81. The Kier molecular flexibility index (Phi) is 6.36. The minimum absolute atomic E-state index is 0.175. The second-order valence-corrected chi connectivity index (χ2v) is 7.82. The van der Waals surface area contributed by atoms with Crippen LogP contribution in [0.1, 0.15) is 25.5 Å². The predicted octanol–water partition coefficient (Wildman–Crippen LogP) is 1.34. The highest BCUT2D eigenvalue weighted by molar-refractivity contribution is 7.89. The standard InChI is InChI=1S/C17H24N4O4S/c1-2-10-21-17(6-9-19-21)26(22,23)20-15-7-11-24-13-16(15)25-12-14-5-3-4-8-18-14/h3-6,8-9,15-16,20H,2,7,10-13H2,1H3/t15-,16-/m1/s1. The highest BCUT2D eigenvalue weighted by Crippen LogP contribution is 2.17. The maximum absolute atomic E-state index is 12.8. The summed E-state index contributed by atoms with van der Waals surface area (Å²) in [6, 6.07) is 6.75. The number of rotatable bonds is 8. The zero-order valence-corrected chi connectivity index (χ0v) is 15.6. The Morgan fingerprint density at radius 3 is 3.00 bits per heavy atom. The van der Waals surface area contributed by atoms with Crippen molar-refractivity contribution in [2.24, 2.45) is 0 Å². The summed E-state index contributed by atoms with van der Waals surface area (Å²) < 4.78 is 41.2. The largest absolute Gasteiger partial charge is 0.379 e. The molecule has 0 unspecified atom stereocenters. The molecule has 9 heteroatoms. The molecule has 1 aliphatic rings. The van der Waals surface area contributed by atoms with E-state index in [0.717, 1.165) is 12.1 Å². The van der Waals surface area contributed by atoms with Crippen LogP contribution in [0.15, 0.2) is 41.7 Å². The van der Waals surface area contributed by atoms with Crippen molar-refractivity contribution >= 4 is 10.0 Å². The van der Waals surface area contributed by atoms with Crippen LogP contribution in [0, 0.1) is 0 Å². The van der Waals surface area contributed by atoms with Crippen LogP contribution in [-0.2, 0) is 32.6 Å². The highest BCUT2D eigenvalue weighted by Gasteiger charge is 2.32. The molecular weight excluding hydrogens is 356 g/mol. The summed E-state index contributed by atoms with van der Waals surface area (Å²) in [6.45, 7) is 3.67. The summed E-state index contributed by atoms with van der Waals surface area (Å²) in [5.41, 5.74) is 0.792. The van der Waals surface area contributed by atoms with E-state index in [2.05, 4.69) is 14.8 Å². The maximum Gasteiger partial charge on any atom is 0.258 e. The molecular formula is C17H24N4O4S. The third-order valence-corrected chi connectivity index (χ3v) is 5.68. The number of hydrogen-bond donors (Lipinski definition) is 1. The van der Waals surface area contributed by atoms with E-state index in [0.29, 0.717) is 32.8 Å². The van der Waals surface area contributed by atoms with Crippen molar-refractivity contribution in [2.75, 3.05) is 13.2 Å². The van der Waals surface area contributed by atoms with Crippen molar-refractivity contribution in [1.29, 1.82) is 0 Å². The molecule has 0 radical (unpaired) electrons. The summed E-state index contributed by atoms with van der Waals surface area (Å²) in [5, 5.41) is 4.27. The predicted molar refractivity (Wildman–Crippen MR) is 94.9 cm³/mol. The molecule has 2 aromatic rings. The molecule has 0 bridgehead atoms. The first-order chi connectivity index (χ1) is 12.6. The first kappa shape index (κ1) is 19.0. The van der Waals surface area contributed by atoms with Gasteiger partial charge in [-0.15, -0.1) is 0 Å². The van der Waals surface area contributed by atoms with Gasteiger partial charge in [-0.2, -0.15) is 5.10 Å². The number of aryl methyl sites for hydroxylation is 1. The smallest absolute Gasteiger partial charge is 0.258 e. The number of sulfonamides is 1. The second-order valence-electron chi connectivity index (χ2n) is 6.15. The third kappa shape index (κ3) is 4.67. The van der Waals surface area contributed by atoms with Crippen LogP contribution in [0.2, 0.25) is 0 Å². The van der Waals surface area contributed by atoms with Crippen LogP contribution in [0.5, 0.6) is 0 Å². The topological polar surface area (TPSA) is 95.3 Å². The minimum Gasteiger partial charge on any atom is -0.379 e. The molecule has 0 aliphatic carbocycles. The third-order valence-electron chi connectivity index (χ3n) is 4.17. The normalized spacial score (nSPS) is 21.0. The molecule has 1 fully saturated rings. The molecule has 1 N–H and O–H groups in total. The van der Waals surface area contributed by atoms with E-state index in [1.165, 1.54) is 16.9 Å². The lowest BCUT2D eigenvalue weighted by Crippen LogP contribution is -2.50. The molecule has 0 saturated carbocycles. The number of hydrogen-bond acceptors (Lipinski definition) is 6. The monoisotopic (exact) mass is 380 g/mol. The summed E-state index contributed by atoms with van der Waals surface area (Å²) in [6.07, 6.45) is 4.18. The molecule has 0 aromatic carbocycles. The van der Waals surface area contributed by atoms with Crippen molar-refractivity contribution in [3.05, 3.63) is 42.4 Å². The van der Waals surface area contributed by atoms with Crippen LogP contribution in [0.4, 0.5) is 0 Å². The van der Waals surface area contributed by atoms with Crippen molar-refractivity contribution < 1.29 is 17.9 Å². The van der Waals surface area contributed by atoms with Gasteiger partial charge in [-0.3, -0.25) is 9.67 Å². The molecule has 3 rings (SSSR count). The van der Waals surface area contributed by atoms with Crippen LogP contribution in [0.25, 0.3) is 0 Å². The Balaban J connectivity index is 1.68. The fourth-order valence-corrected chi connectivity index (χ4v) is 4.32. The zero-order valence-electron chi connectivity index (χ0n) is 14.7. The number of ether oxygens (including phenoxy) is 2. The van der Waals surface area contributed by atoms with Gasteiger partial charge in [0, 0.05) is 19.3 Å². The quantitative estimate of drug-likeness (QED) is 0.743. The highest BCUT2D eigenvalue weighted by atomic mass is 32.2. The molecule has 8 nitrogen and oxygen atoms in total. The van der Waals surface area contributed by atoms with Gasteiger partial charge < -0.3 is 9.47 Å². The van der Waals surface area contributed by atoms with E-state index in [1.54, 1.807) is 6.20 Å². The molecule has 3 heterocycles. The Labute approximate surface area is 153 Å². The molecule has 1 saturated heterocycles. The van der Waals surface area contributed by atoms with Crippen LogP contribution in [0.3, 0.4) is 0 Å². The van der Waals surface area contributed by atoms with Gasteiger partial charge in [0.25, 0.3) is 10.0 Å². The van der Waals surface area contributed by atoms with E-state index < -0.39 is 10.0 Å². The summed E-state index contributed by atoms with van der Waals surface area (Å²) in [5.74, 6) is 0. The van der Waals surface area contributed by atoms with E-state index >= 15 is 0 Å². The van der Waals surface area contributed by atoms with Crippen molar-refractivity contribution in [3.8, 4) is 0 Å². The molecule has 26 heavy (non-hydrogen) atoms. The second kappa shape index (κ2) is 8.72. The SMILES string of the molecule is CCCn1nccc1S(=O)(=O)N[C@@H]1CCOC[C@H]1OCc1ccccn1. The fourth-order valence-electron chi connectivity index (χ4n) is 2.88. The molecule has 0 amide bonds. The zero-order chi connectivity index (χ0) is 18.4. The Morgan fingerprint density at radius 2 is 2.23 bits per heavy atom. The summed E-state index contributed by atoms with van der Waals surface area (Å²) >= 11 is 0. The first-order valence-electron chi connectivity index (χ1n) is 8.73. The van der Waals surface area contributed by atoms with Crippen molar-refractivity contribution in [3.63, 3.8) is 0 Å². The van der Waals surface area contributed by atoms with E-state index in [4.69, 9.17) is 9.47 Å². The molecule has 2 atom stereocenters. The molecule has 0 spiro atoms. The number of pyridine rings is 1. The van der Waals surface area contributed by atoms with Crippen molar-refractivity contribution in [2.45, 2.75) is 50.1 Å². The lowest BCUT2D eigenvalue weighted by Gasteiger charge is -2.31. The van der Waals surface area contributed by atoms with E-state index in [1.807, 2.05) is 25.1 Å².